The molecule has 0 heterocycles. The second-order valence-electron chi connectivity index (χ2n) is 34.5. The Morgan fingerprint density at radius 2 is 0.146 bits per heavy atom. The van der Waals surface area contributed by atoms with E-state index in [4.69, 9.17) is 0 Å². The van der Waals surface area contributed by atoms with E-state index in [0.717, 1.165) is 0 Å². The molecule has 0 radical (unpaired) electrons. The first kappa shape index (κ1) is 93.1. The summed E-state index contributed by atoms with van der Waals surface area (Å²) in [7, 11) is -5.60. The first-order valence-electron chi connectivity index (χ1n) is 46.4. The summed E-state index contributed by atoms with van der Waals surface area (Å²) in [6.07, 6.45) is 0. The molecular formula is C120H117CrSi9+3. The molecule has 18 rings (SSSR count). The molecule has 0 aromatic heterocycles. The Morgan fingerprint density at radius 1 is 0.0923 bits per heavy atom. The van der Waals surface area contributed by atoms with Gasteiger partial charge in [0.25, 0.3) is 0 Å². The van der Waals surface area contributed by atoms with Crippen LogP contribution in [0.25, 0.3) is 0 Å². The van der Waals surface area contributed by atoms with Crippen molar-refractivity contribution >= 4 is 85.7 Å². The second kappa shape index (κ2) is 50.6. The fourth-order valence-corrected chi connectivity index (χ4v) is 55.5. The summed E-state index contributed by atoms with van der Waals surface area (Å²) in [4.78, 5) is 6.02. The van der Waals surface area contributed by atoms with E-state index in [1.807, 2.05) is 14.4 Å². The van der Waals surface area contributed by atoms with Gasteiger partial charge < -0.3 is 14.4 Å². The minimum atomic E-state index is -0.622. The van der Waals surface area contributed by atoms with Crippen LogP contribution in [0.4, 0.5) is 0 Å². The van der Waals surface area contributed by atoms with Gasteiger partial charge in [0.1, 0.15) is 0 Å². The third-order valence-electron chi connectivity index (χ3n) is 26.1. The summed E-state index contributed by atoms with van der Waals surface area (Å²) in [5, 5.41) is 0. The van der Waals surface area contributed by atoms with Gasteiger partial charge in [-0.2, -0.15) is 0 Å². The molecule has 0 aliphatic heterocycles. The van der Waals surface area contributed by atoms with Crippen molar-refractivity contribution in [2.45, 2.75) is 49.9 Å². The van der Waals surface area contributed by atoms with Crippen LogP contribution in [0.15, 0.2) is 546 Å². The molecular weight excluding hydrogens is 1750 g/mol. The topological polar surface area (TPSA) is 0 Å². The maximum absolute atomic E-state index is 2.36. The van der Waals surface area contributed by atoms with Gasteiger partial charge >= 0.3 is 17.4 Å². The van der Waals surface area contributed by atoms with Gasteiger partial charge in [0.2, 0.25) is 0 Å². The van der Waals surface area contributed by atoms with E-state index in [2.05, 4.69) is 546 Å². The van der Waals surface area contributed by atoms with Gasteiger partial charge in [-0.25, -0.2) is 0 Å². The Bertz CT molecular complexity index is 4540. The van der Waals surface area contributed by atoms with Crippen molar-refractivity contribution in [2.24, 2.45) is 0 Å². The van der Waals surface area contributed by atoms with Crippen LogP contribution in [0, 0.1) is 14.4 Å². The molecule has 636 valence electrons. The van der Waals surface area contributed by atoms with Crippen LogP contribution >= 0.6 is 0 Å². The number of hydrogen-bond donors (Lipinski definition) is 0. The molecule has 130 heavy (non-hydrogen) atoms. The molecule has 0 saturated carbocycles. The molecule has 0 N–H and O–H groups in total. The molecule has 0 bridgehead atoms. The van der Waals surface area contributed by atoms with Gasteiger partial charge in [0, 0.05) is 0 Å². The first-order valence-corrected chi connectivity index (χ1v) is 60.2. The summed E-state index contributed by atoms with van der Waals surface area (Å²) >= 11 is 0. The van der Waals surface area contributed by atoms with E-state index in [9.17, 15) is 0 Å². The monoisotopic (exact) mass is 1860 g/mol. The summed E-state index contributed by atoms with van der Waals surface area (Å²) < 4.78 is 0. The van der Waals surface area contributed by atoms with Crippen LogP contribution in [0.3, 0.4) is 0 Å². The van der Waals surface area contributed by atoms with Crippen LogP contribution in [-0.4, -0.2) is 85.7 Å². The third kappa shape index (κ3) is 26.8. The molecule has 18 aromatic rings. The molecule has 0 aliphatic carbocycles. The van der Waals surface area contributed by atoms with Gasteiger partial charge in [-0.15, -0.1) is 85.7 Å². The fraction of sp³-hybridized carbons (Fsp3) is 0.0750. The maximum atomic E-state index is 2.36. The summed E-state index contributed by atoms with van der Waals surface area (Å²) in [5.74, 6) is 0. The van der Waals surface area contributed by atoms with Gasteiger partial charge in [-0.1, -0.05) is 546 Å². The maximum Gasteiger partial charge on any atom is 6.00 e. The van der Waals surface area contributed by atoms with Crippen LogP contribution in [-0.2, 0) is 17.4 Å². The van der Waals surface area contributed by atoms with Crippen LogP contribution in [0.2, 0.25) is 0 Å². The van der Waals surface area contributed by atoms with Crippen LogP contribution in [0.5, 0.6) is 0 Å². The zero-order chi connectivity index (χ0) is 87.3. The predicted octanol–water partition coefficient (Wildman–Crippen LogP) is 21.9. The molecule has 0 aliphatic rings. The van der Waals surface area contributed by atoms with E-state index in [1.165, 1.54) is 100 Å². The normalized spacial score (nSPS) is 12.2. The van der Waals surface area contributed by atoms with E-state index in [-0.39, 0.29) is 17.4 Å². The smallest absolute Gasteiger partial charge is 0.324 e. The zero-order valence-corrected chi connectivity index (χ0v) is 88.4. The van der Waals surface area contributed by atoms with E-state index < -0.39 is 85.7 Å². The Balaban J connectivity index is 0.000000149. The van der Waals surface area contributed by atoms with E-state index in [0.29, 0.717) is 49.9 Å². The second-order valence-corrected chi connectivity index (χ2v) is 63.5. The van der Waals surface area contributed by atoms with Gasteiger partial charge in [0.05, 0.1) is 0 Å². The minimum absolute atomic E-state index is 0. The van der Waals surface area contributed by atoms with Crippen molar-refractivity contribution < 1.29 is 17.4 Å². The van der Waals surface area contributed by atoms with Crippen molar-refractivity contribution in [2.75, 3.05) is 0 Å². The van der Waals surface area contributed by atoms with Crippen molar-refractivity contribution in [3.05, 3.63) is 660 Å². The van der Waals surface area contributed by atoms with Crippen LogP contribution < -0.4 is 0 Å². The Labute approximate surface area is 806 Å². The Morgan fingerprint density at radius 3 is 0.200 bits per heavy atom. The molecule has 0 saturated heterocycles. The van der Waals surface area contributed by atoms with Crippen molar-refractivity contribution in [3.63, 3.8) is 0 Å². The number of benzene rings is 18. The van der Waals surface area contributed by atoms with E-state index >= 15 is 0 Å². The van der Waals surface area contributed by atoms with E-state index in [1.54, 1.807) is 0 Å². The molecule has 0 fully saturated rings. The standard InChI is InChI=1S/3C40H39Si3.Cr/c3*1-7-19-31(20-8-1)37(32-21-9-2-10-22-32)41-40(42-38(33-23-11-3-12-24-33)34-25-13-4-14-26-34)43-39(35-27-15-5-16-28-35)36-29-17-6-18-30-36;/h3*1-30,37-39H,41-43H2;/q3*-1;+6. The Kier molecular flexibility index (Phi) is 36.2. The van der Waals surface area contributed by atoms with Crippen molar-refractivity contribution in [1.82, 2.24) is 0 Å². The van der Waals surface area contributed by atoms with Gasteiger partial charge in [-0.3, -0.25) is 0 Å². The van der Waals surface area contributed by atoms with Gasteiger partial charge in [0.15, 0.2) is 0 Å². The zero-order valence-electron chi connectivity index (χ0n) is 74.4. The predicted molar refractivity (Wildman–Crippen MR) is 579 cm³/mol. The molecule has 10 heteroatoms. The number of hydrogen-bond acceptors (Lipinski definition) is 0. The average molecular weight is 1860 g/mol. The van der Waals surface area contributed by atoms with Crippen LogP contribution in [0.1, 0.15) is 150 Å². The van der Waals surface area contributed by atoms with Crippen molar-refractivity contribution in [3.8, 4) is 0 Å². The Hall–Kier alpha value is -11.6. The molecule has 18 aromatic carbocycles. The largest absolute Gasteiger partial charge is 6.00 e. The van der Waals surface area contributed by atoms with Crippen molar-refractivity contribution in [1.29, 1.82) is 0 Å². The summed E-state index contributed by atoms with van der Waals surface area (Å²) in [6, 6.07) is 204. The SMILES string of the molecule is [Cr+6].c1ccc(C([SiH2][C-]([SiH2]C(c2ccccc2)c2ccccc2)[SiH2]C(c2ccccc2)c2ccccc2)c2ccccc2)cc1.c1ccc(C([SiH2][C-]([SiH2]C(c2ccccc2)c2ccccc2)[SiH2]C(c2ccccc2)c2ccccc2)c2ccccc2)cc1.c1ccc(C([SiH2][C-]([SiH2]C(c2ccccc2)c2ccccc2)[SiH2]C(c2ccccc2)c2ccccc2)c2ccccc2)cc1. The quantitative estimate of drug-likeness (QED) is 0.0271. The molecule has 0 nitrogen and oxygen atoms in total. The molecule has 0 unspecified atom stereocenters. The van der Waals surface area contributed by atoms with Gasteiger partial charge in [-0.05, 0) is 150 Å². The third-order valence-corrected chi connectivity index (χ3v) is 59.0. The number of rotatable bonds is 36. The minimum Gasteiger partial charge on any atom is -0.324 e. The molecule has 0 amide bonds. The average Bonchev–Trinajstić information content (AvgIpc) is 0.814. The molecule has 0 atom stereocenters. The summed E-state index contributed by atoms with van der Waals surface area (Å²) in [5.41, 5.74) is 31.1. The molecule has 0 spiro atoms. The first-order chi connectivity index (χ1) is 64.0. The fourth-order valence-electron chi connectivity index (χ4n) is 19.5. The summed E-state index contributed by atoms with van der Waals surface area (Å²) in [6.45, 7) is 0.